The summed E-state index contributed by atoms with van der Waals surface area (Å²) in [6.45, 7) is 0. The van der Waals surface area contributed by atoms with Crippen molar-refractivity contribution in [1.82, 2.24) is 0 Å². The fourth-order valence-electron chi connectivity index (χ4n) is 0.368. The van der Waals surface area contributed by atoms with Gasteiger partial charge in [-0.1, -0.05) is 0 Å². The standard InChI is InChI=1S/C4H2O4.2Na/c5-1-2(6)4(8)3(1)7;;/h5-6H;;. The van der Waals surface area contributed by atoms with Gasteiger partial charge in [0, 0.05) is 59.1 Å². The Morgan fingerprint density at radius 3 is 1.10 bits per heavy atom. The molecule has 1 rings (SSSR count). The Kier molecular flexibility index (Phi) is 6.03. The molecule has 0 aliphatic heterocycles. The molecule has 10 heavy (non-hydrogen) atoms. The second-order valence-electron chi connectivity index (χ2n) is 1.36. The molecule has 0 bridgehead atoms. The number of rotatable bonds is 0. The molecule has 4 nitrogen and oxygen atoms in total. The normalized spacial score (nSPS) is 8.00. The van der Waals surface area contributed by atoms with Crippen LogP contribution in [-0.2, 0) is 0 Å². The van der Waals surface area contributed by atoms with E-state index in [4.69, 9.17) is 10.2 Å². The maximum atomic E-state index is 9.95. The van der Waals surface area contributed by atoms with Gasteiger partial charge < -0.3 is 10.2 Å². The van der Waals surface area contributed by atoms with Gasteiger partial charge in [0.1, 0.15) is 0 Å². The van der Waals surface area contributed by atoms with Crippen LogP contribution in [0.2, 0.25) is 0 Å². The average molecular weight is 160 g/mol. The first-order valence-corrected chi connectivity index (χ1v) is 1.86. The third-order valence-electron chi connectivity index (χ3n) is 0.861. The Labute approximate surface area is 100 Å². The summed E-state index contributed by atoms with van der Waals surface area (Å²) in [6, 6.07) is 0. The smallest absolute Gasteiger partial charge is 0.275 e. The van der Waals surface area contributed by atoms with Crippen molar-refractivity contribution in [2.24, 2.45) is 0 Å². The summed E-state index contributed by atoms with van der Waals surface area (Å²) < 4.78 is 0. The van der Waals surface area contributed by atoms with Crippen molar-refractivity contribution in [1.29, 1.82) is 0 Å². The summed E-state index contributed by atoms with van der Waals surface area (Å²) in [4.78, 5) is 19.9. The van der Waals surface area contributed by atoms with Gasteiger partial charge in [-0.2, -0.15) is 0 Å². The second-order valence-corrected chi connectivity index (χ2v) is 1.36. The Morgan fingerprint density at radius 2 is 1.00 bits per heavy atom. The van der Waals surface area contributed by atoms with Crippen LogP contribution >= 0.6 is 0 Å². The van der Waals surface area contributed by atoms with Gasteiger partial charge in [0.2, 0.25) is 11.5 Å². The van der Waals surface area contributed by atoms with Crippen LogP contribution in [0.4, 0.5) is 0 Å². The summed E-state index contributed by atoms with van der Waals surface area (Å²) in [6.07, 6.45) is 0. The average Bonchev–Trinajstić information content (AvgIpc) is 1.83. The Bertz CT molecular complexity index is 255. The predicted molar refractivity (Wildman–Crippen MR) is 36.2 cm³/mol. The summed E-state index contributed by atoms with van der Waals surface area (Å²) in [5.74, 6) is -1.65. The van der Waals surface area contributed by atoms with Crippen LogP contribution in [0.3, 0.4) is 0 Å². The molecule has 1 aromatic carbocycles. The van der Waals surface area contributed by atoms with Crippen LogP contribution < -0.4 is 10.9 Å². The van der Waals surface area contributed by atoms with Crippen molar-refractivity contribution in [2.45, 2.75) is 0 Å². The van der Waals surface area contributed by atoms with Crippen LogP contribution in [0.15, 0.2) is 9.59 Å². The Balaban J connectivity index is 0. The van der Waals surface area contributed by atoms with Crippen molar-refractivity contribution in [3.8, 4) is 11.5 Å². The molecule has 0 amide bonds. The van der Waals surface area contributed by atoms with Gasteiger partial charge in [0.05, 0.1) is 0 Å². The molecule has 1 aromatic rings. The second kappa shape index (κ2) is 4.54. The first kappa shape index (κ1) is 13.3. The molecule has 0 unspecified atom stereocenters. The van der Waals surface area contributed by atoms with E-state index in [-0.39, 0.29) is 59.1 Å². The Morgan fingerprint density at radius 1 is 0.800 bits per heavy atom. The first-order chi connectivity index (χ1) is 3.64. The zero-order chi connectivity index (χ0) is 6.31. The number of hydrogen-bond donors (Lipinski definition) is 2. The van der Waals surface area contributed by atoms with Gasteiger partial charge in [-0.25, -0.2) is 0 Å². The van der Waals surface area contributed by atoms with E-state index >= 15 is 0 Å². The fourth-order valence-corrected chi connectivity index (χ4v) is 0.368. The topological polar surface area (TPSA) is 74.6 Å². The van der Waals surface area contributed by atoms with E-state index in [1.54, 1.807) is 0 Å². The number of aromatic hydroxyl groups is 2. The molecule has 6 heteroatoms. The molecule has 0 fully saturated rings. The number of hydrogen-bond acceptors (Lipinski definition) is 4. The van der Waals surface area contributed by atoms with E-state index in [1.165, 1.54) is 0 Å². The van der Waals surface area contributed by atoms with E-state index in [2.05, 4.69) is 0 Å². The maximum absolute atomic E-state index is 9.95. The minimum Gasteiger partial charge on any atom is -0.501 e. The zero-order valence-electron chi connectivity index (χ0n) is 5.71. The fraction of sp³-hybridized carbons (Fsp3) is 0. The molecule has 2 radical (unpaired) electrons. The third kappa shape index (κ3) is 1.84. The molecule has 0 heterocycles. The molecule has 2 N–H and O–H groups in total. The van der Waals surface area contributed by atoms with Crippen LogP contribution in [0.1, 0.15) is 0 Å². The zero-order valence-corrected chi connectivity index (χ0v) is 9.71. The predicted octanol–water partition coefficient (Wildman–Crippen LogP) is -2.07. The molecule has 0 atom stereocenters. The van der Waals surface area contributed by atoms with Gasteiger partial charge in [-0.15, -0.1) is 0 Å². The molecule has 0 saturated heterocycles. The maximum Gasteiger partial charge on any atom is 0.275 e. The summed E-state index contributed by atoms with van der Waals surface area (Å²) >= 11 is 0. The first-order valence-electron chi connectivity index (χ1n) is 1.86. The van der Waals surface area contributed by atoms with Crippen molar-refractivity contribution in [3.05, 3.63) is 20.4 Å². The quantitative estimate of drug-likeness (QED) is 0.338. The molecule has 44 valence electrons. The third-order valence-corrected chi connectivity index (χ3v) is 0.861. The van der Waals surface area contributed by atoms with E-state index in [9.17, 15) is 9.59 Å². The minimum absolute atomic E-state index is 0. The van der Waals surface area contributed by atoms with Crippen molar-refractivity contribution < 1.29 is 10.2 Å². The van der Waals surface area contributed by atoms with Gasteiger partial charge in [0.25, 0.3) is 10.9 Å². The van der Waals surface area contributed by atoms with E-state index in [0.717, 1.165) is 0 Å². The van der Waals surface area contributed by atoms with Crippen LogP contribution in [0, 0.1) is 0 Å². The van der Waals surface area contributed by atoms with Crippen LogP contribution in [0.25, 0.3) is 0 Å². The largest absolute Gasteiger partial charge is 0.501 e. The summed E-state index contributed by atoms with van der Waals surface area (Å²) in [5.41, 5.74) is -2.02. The molecule has 0 aliphatic carbocycles. The molecule has 0 spiro atoms. The van der Waals surface area contributed by atoms with E-state index in [0.29, 0.717) is 0 Å². The van der Waals surface area contributed by atoms with Gasteiger partial charge in [-0.3, -0.25) is 9.59 Å². The SMILES string of the molecule is O=c1c(O)c(O)c1=O.[Na].[Na]. The van der Waals surface area contributed by atoms with E-state index in [1.807, 2.05) is 0 Å². The molecule has 0 aromatic heterocycles. The van der Waals surface area contributed by atoms with Gasteiger partial charge in [-0.05, 0) is 0 Å². The monoisotopic (exact) mass is 160 g/mol. The van der Waals surface area contributed by atoms with Crippen LogP contribution in [0.5, 0.6) is 11.5 Å². The van der Waals surface area contributed by atoms with Crippen molar-refractivity contribution in [3.63, 3.8) is 0 Å². The van der Waals surface area contributed by atoms with Crippen molar-refractivity contribution in [2.75, 3.05) is 0 Å². The molecule has 0 aliphatic rings. The minimum atomic E-state index is -1.01. The van der Waals surface area contributed by atoms with Gasteiger partial charge in [0.15, 0.2) is 0 Å². The Hall–Kier alpha value is 0.680. The van der Waals surface area contributed by atoms with Crippen molar-refractivity contribution >= 4 is 59.1 Å². The molecular formula is C4H2Na2O4. The molecular weight excluding hydrogens is 158 g/mol. The van der Waals surface area contributed by atoms with Gasteiger partial charge >= 0.3 is 0 Å². The summed E-state index contributed by atoms with van der Waals surface area (Å²) in [5, 5.41) is 16.4. The van der Waals surface area contributed by atoms with E-state index < -0.39 is 22.4 Å². The summed E-state index contributed by atoms with van der Waals surface area (Å²) in [7, 11) is 0. The van der Waals surface area contributed by atoms with Crippen LogP contribution in [-0.4, -0.2) is 69.3 Å². The molecule has 0 saturated carbocycles.